The van der Waals surface area contributed by atoms with E-state index in [0.717, 1.165) is 5.56 Å². The van der Waals surface area contributed by atoms with Gasteiger partial charge in [0.25, 0.3) is 5.91 Å². The van der Waals surface area contributed by atoms with Gasteiger partial charge in [0.1, 0.15) is 5.75 Å². The van der Waals surface area contributed by atoms with Gasteiger partial charge in [-0.25, -0.2) is 0 Å². The summed E-state index contributed by atoms with van der Waals surface area (Å²) in [6.45, 7) is 2.42. The molecule has 0 aliphatic carbocycles. The summed E-state index contributed by atoms with van der Waals surface area (Å²) in [5.41, 5.74) is 2.73. The predicted molar refractivity (Wildman–Crippen MR) is 79.7 cm³/mol. The Morgan fingerprint density at radius 1 is 1.24 bits per heavy atom. The first-order valence-electron chi connectivity index (χ1n) is 6.62. The van der Waals surface area contributed by atoms with Gasteiger partial charge in [-0.05, 0) is 30.7 Å². The highest BCUT2D eigenvalue weighted by atomic mass is 16.5. The molecule has 0 fully saturated rings. The molecule has 1 N–H and O–H groups in total. The molecule has 0 atom stereocenters. The largest absolute Gasteiger partial charge is 0.484 e. The maximum Gasteiger partial charge on any atom is 0.258 e. The van der Waals surface area contributed by atoms with Gasteiger partial charge in [0.15, 0.2) is 6.61 Å². The first-order valence-corrected chi connectivity index (χ1v) is 6.62. The summed E-state index contributed by atoms with van der Waals surface area (Å²) in [6, 6.07) is 16.7. The maximum atomic E-state index is 11.7. The molecular weight excluding hydrogens is 264 g/mol. The number of rotatable bonds is 5. The molecule has 0 saturated heterocycles. The number of hydrogen-bond donors (Lipinski definition) is 1. The predicted octanol–water partition coefficient (Wildman–Crippen LogP) is 2.56. The van der Waals surface area contributed by atoms with Crippen LogP contribution in [0.25, 0.3) is 0 Å². The third kappa shape index (κ3) is 4.66. The van der Waals surface area contributed by atoms with Gasteiger partial charge in [-0.2, -0.15) is 5.26 Å². The minimum Gasteiger partial charge on any atom is -0.484 e. The summed E-state index contributed by atoms with van der Waals surface area (Å²) in [5, 5.41) is 11.6. The molecule has 0 aliphatic heterocycles. The van der Waals surface area contributed by atoms with Crippen molar-refractivity contribution in [1.29, 1.82) is 5.26 Å². The maximum absolute atomic E-state index is 11.7. The van der Waals surface area contributed by atoms with Crippen LogP contribution in [0.2, 0.25) is 0 Å². The Bertz CT molecular complexity index is 657. The highest BCUT2D eigenvalue weighted by Gasteiger charge is 2.03. The van der Waals surface area contributed by atoms with Gasteiger partial charge in [-0.1, -0.05) is 35.9 Å². The number of carbonyl (C=O) groups is 1. The highest BCUT2D eigenvalue weighted by Crippen LogP contribution is 2.12. The van der Waals surface area contributed by atoms with Crippen molar-refractivity contribution in [3.05, 3.63) is 65.2 Å². The molecule has 0 aromatic heterocycles. The van der Waals surface area contributed by atoms with Crippen LogP contribution in [0.15, 0.2) is 48.5 Å². The van der Waals surface area contributed by atoms with E-state index < -0.39 is 0 Å². The first-order chi connectivity index (χ1) is 10.2. The van der Waals surface area contributed by atoms with Crippen LogP contribution in [0.1, 0.15) is 16.7 Å². The molecule has 0 spiro atoms. The van der Waals surface area contributed by atoms with Crippen LogP contribution in [0, 0.1) is 18.3 Å². The average molecular weight is 280 g/mol. The van der Waals surface area contributed by atoms with Crippen molar-refractivity contribution in [2.45, 2.75) is 13.5 Å². The number of aryl methyl sites for hydroxylation is 1. The minimum atomic E-state index is -0.196. The van der Waals surface area contributed by atoms with Crippen molar-refractivity contribution >= 4 is 5.91 Å². The van der Waals surface area contributed by atoms with Crippen LogP contribution < -0.4 is 10.1 Å². The van der Waals surface area contributed by atoms with Crippen molar-refractivity contribution in [1.82, 2.24) is 5.32 Å². The fraction of sp³-hybridized carbons (Fsp3) is 0.176. The second-order valence-corrected chi connectivity index (χ2v) is 4.69. The van der Waals surface area contributed by atoms with Crippen LogP contribution in [0.3, 0.4) is 0 Å². The molecule has 2 aromatic carbocycles. The first kappa shape index (κ1) is 14.6. The summed E-state index contributed by atoms with van der Waals surface area (Å²) in [7, 11) is 0. The number of hydrogen-bond acceptors (Lipinski definition) is 3. The fourth-order valence-corrected chi connectivity index (χ4v) is 1.76. The molecule has 0 bridgehead atoms. The molecule has 2 rings (SSSR count). The van der Waals surface area contributed by atoms with E-state index in [2.05, 4.69) is 5.32 Å². The molecule has 21 heavy (non-hydrogen) atoms. The van der Waals surface area contributed by atoms with Crippen molar-refractivity contribution in [2.75, 3.05) is 6.61 Å². The fourth-order valence-electron chi connectivity index (χ4n) is 1.76. The zero-order valence-electron chi connectivity index (χ0n) is 11.8. The van der Waals surface area contributed by atoms with Gasteiger partial charge < -0.3 is 10.1 Å². The number of ether oxygens (including phenoxy) is 1. The number of benzene rings is 2. The Morgan fingerprint density at radius 2 is 2.00 bits per heavy atom. The summed E-state index contributed by atoms with van der Waals surface area (Å²) < 4.78 is 5.35. The lowest BCUT2D eigenvalue weighted by molar-refractivity contribution is -0.123. The molecular formula is C17H16N2O2. The molecule has 0 radical (unpaired) electrons. The molecule has 1 amide bonds. The lowest BCUT2D eigenvalue weighted by atomic mass is 10.1. The normalized spacial score (nSPS) is 9.71. The number of amides is 1. The zero-order chi connectivity index (χ0) is 15.1. The highest BCUT2D eigenvalue weighted by molar-refractivity contribution is 5.77. The van der Waals surface area contributed by atoms with Gasteiger partial charge in [-0.3, -0.25) is 4.79 Å². The van der Waals surface area contributed by atoms with E-state index in [1.165, 1.54) is 5.56 Å². The average Bonchev–Trinajstić information content (AvgIpc) is 2.52. The van der Waals surface area contributed by atoms with Crippen LogP contribution in [0.4, 0.5) is 0 Å². The monoisotopic (exact) mass is 280 g/mol. The summed E-state index contributed by atoms with van der Waals surface area (Å²) in [4.78, 5) is 11.7. The van der Waals surface area contributed by atoms with Gasteiger partial charge in [0, 0.05) is 6.54 Å². The minimum absolute atomic E-state index is 0.0687. The topological polar surface area (TPSA) is 62.1 Å². The second kappa shape index (κ2) is 7.11. The molecule has 4 nitrogen and oxygen atoms in total. The Hall–Kier alpha value is -2.80. The zero-order valence-corrected chi connectivity index (χ0v) is 11.8. The number of nitrogens with one attached hydrogen (secondary N) is 1. The van der Waals surface area contributed by atoms with Gasteiger partial charge in [0.2, 0.25) is 0 Å². The van der Waals surface area contributed by atoms with Crippen molar-refractivity contribution in [3.63, 3.8) is 0 Å². The van der Waals surface area contributed by atoms with E-state index in [-0.39, 0.29) is 12.5 Å². The van der Waals surface area contributed by atoms with Crippen LogP contribution >= 0.6 is 0 Å². The van der Waals surface area contributed by atoms with Crippen molar-refractivity contribution in [2.24, 2.45) is 0 Å². The van der Waals surface area contributed by atoms with Crippen molar-refractivity contribution in [3.8, 4) is 11.8 Å². The Kier molecular flexibility index (Phi) is 4.94. The van der Waals surface area contributed by atoms with E-state index in [1.54, 1.807) is 24.3 Å². The smallest absolute Gasteiger partial charge is 0.258 e. The quantitative estimate of drug-likeness (QED) is 0.915. The summed E-state index contributed by atoms with van der Waals surface area (Å²) in [6.07, 6.45) is 0. The lowest BCUT2D eigenvalue weighted by Gasteiger charge is -2.08. The second-order valence-electron chi connectivity index (χ2n) is 4.69. The van der Waals surface area contributed by atoms with E-state index in [4.69, 9.17) is 10.00 Å². The molecule has 0 heterocycles. The third-order valence-corrected chi connectivity index (χ3v) is 2.94. The number of nitrogens with zero attached hydrogens (tertiary/aromatic N) is 1. The van der Waals surface area contributed by atoms with Crippen LogP contribution in [-0.4, -0.2) is 12.5 Å². The summed E-state index contributed by atoms with van der Waals surface area (Å²) in [5.74, 6) is 0.317. The molecule has 2 aromatic rings. The molecule has 0 unspecified atom stereocenters. The molecule has 0 saturated carbocycles. The van der Waals surface area contributed by atoms with E-state index >= 15 is 0 Å². The van der Waals surface area contributed by atoms with Gasteiger partial charge in [-0.15, -0.1) is 0 Å². The van der Waals surface area contributed by atoms with Crippen LogP contribution in [-0.2, 0) is 11.3 Å². The van der Waals surface area contributed by atoms with E-state index in [1.807, 2.05) is 37.3 Å². The number of nitriles is 1. The van der Waals surface area contributed by atoms with Gasteiger partial charge in [0.05, 0.1) is 11.6 Å². The van der Waals surface area contributed by atoms with Gasteiger partial charge >= 0.3 is 0 Å². The standard InChI is InChI=1S/C17H16N2O2/c1-13-5-7-14(8-6-13)11-19-17(20)12-21-16-4-2-3-15(9-16)10-18/h2-9H,11-12H2,1H3,(H,19,20). The molecule has 106 valence electrons. The van der Waals surface area contributed by atoms with E-state index in [9.17, 15) is 4.79 Å². The lowest BCUT2D eigenvalue weighted by Crippen LogP contribution is -2.28. The summed E-state index contributed by atoms with van der Waals surface area (Å²) >= 11 is 0. The SMILES string of the molecule is Cc1ccc(CNC(=O)COc2cccc(C#N)c2)cc1. The Labute approximate surface area is 124 Å². The van der Waals surface area contributed by atoms with Crippen LogP contribution in [0.5, 0.6) is 5.75 Å². The third-order valence-electron chi connectivity index (χ3n) is 2.94. The number of carbonyl (C=O) groups excluding carboxylic acids is 1. The molecule has 0 aliphatic rings. The Morgan fingerprint density at radius 3 is 2.71 bits per heavy atom. The van der Waals surface area contributed by atoms with Crippen molar-refractivity contribution < 1.29 is 9.53 Å². The van der Waals surface area contributed by atoms with E-state index in [0.29, 0.717) is 17.9 Å². The Balaban J connectivity index is 1.79. The molecule has 4 heteroatoms.